The Morgan fingerprint density at radius 1 is 0.955 bits per heavy atom. The Morgan fingerprint density at radius 3 is 2.41 bits per heavy atom. The van der Waals surface area contributed by atoms with Crippen LogP contribution in [0.5, 0.6) is 0 Å². The highest BCUT2D eigenvalue weighted by molar-refractivity contribution is 5.85. The highest BCUT2D eigenvalue weighted by Gasteiger charge is 2.43. The molecular formula is C17H23N3O2. The number of hydrogen-bond donors (Lipinski definition) is 3. The summed E-state index contributed by atoms with van der Waals surface area (Å²) in [6.07, 6.45) is 6.48. The second kappa shape index (κ2) is 6.81. The molecule has 22 heavy (non-hydrogen) atoms. The number of rotatable bonds is 3. The lowest BCUT2D eigenvalue weighted by Gasteiger charge is -2.22. The quantitative estimate of drug-likeness (QED) is 0.751. The molecule has 3 amide bonds. The molecule has 2 aliphatic rings. The van der Waals surface area contributed by atoms with Crippen molar-refractivity contribution in [3.63, 3.8) is 0 Å². The van der Waals surface area contributed by atoms with Crippen LogP contribution < -0.4 is 16.2 Å². The minimum Gasteiger partial charge on any atom is -0.334 e. The van der Waals surface area contributed by atoms with Gasteiger partial charge in [-0.25, -0.2) is 10.2 Å². The van der Waals surface area contributed by atoms with E-state index >= 15 is 0 Å². The topological polar surface area (TPSA) is 70.2 Å². The van der Waals surface area contributed by atoms with E-state index in [-0.39, 0.29) is 29.8 Å². The van der Waals surface area contributed by atoms with Crippen molar-refractivity contribution < 1.29 is 9.59 Å². The van der Waals surface area contributed by atoms with Gasteiger partial charge < -0.3 is 5.32 Å². The molecule has 2 aliphatic carbocycles. The van der Waals surface area contributed by atoms with E-state index < -0.39 is 0 Å². The van der Waals surface area contributed by atoms with Crippen LogP contribution in [0.4, 0.5) is 4.79 Å². The molecule has 2 saturated carbocycles. The molecular weight excluding hydrogens is 278 g/mol. The number of nitrogens with one attached hydrogen (secondary N) is 3. The third-order valence-electron chi connectivity index (χ3n) is 4.59. The van der Waals surface area contributed by atoms with Gasteiger partial charge in [0, 0.05) is 12.0 Å². The second-order valence-electron chi connectivity index (χ2n) is 6.28. The molecule has 1 aromatic carbocycles. The van der Waals surface area contributed by atoms with Crippen molar-refractivity contribution in [1.82, 2.24) is 16.2 Å². The molecule has 0 spiro atoms. The van der Waals surface area contributed by atoms with Crippen molar-refractivity contribution in [2.45, 2.75) is 50.5 Å². The number of benzene rings is 1. The second-order valence-corrected chi connectivity index (χ2v) is 6.28. The van der Waals surface area contributed by atoms with Crippen LogP contribution in [0.2, 0.25) is 0 Å². The van der Waals surface area contributed by atoms with Crippen LogP contribution in [-0.2, 0) is 4.79 Å². The Hall–Kier alpha value is -2.04. The van der Waals surface area contributed by atoms with Crippen molar-refractivity contribution in [3.05, 3.63) is 35.9 Å². The van der Waals surface area contributed by atoms with Gasteiger partial charge in [-0.05, 0) is 30.7 Å². The number of carbonyl (C=O) groups is 2. The van der Waals surface area contributed by atoms with Gasteiger partial charge in [0.1, 0.15) is 0 Å². The minimum absolute atomic E-state index is 0.0302. The molecule has 3 N–H and O–H groups in total. The molecule has 0 aromatic heterocycles. The van der Waals surface area contributed by atoms with Crippen molar-refractivity contribution in [3.8, 4) is 0 Å². The van der Waals surface area contributed by atoms with Gasteiger partial charge in [-0.1, -0.05) is 49.6 Å². The lowest BCUT2D eigenvalue weighted by molar-refractivity contribution is -0.123. The zero-order valence-corrected chi connectivity index (χ0v) is 12.7. The molecule has 118 valence electrons. The SMILES string of the molecule is O=C(NNC(=O)C1CC1c1ccccc1)NC1CCCCC1. The smallest absolute Gasteiger partial charge is 0.333 e. The fourth-order valence-electron chi connectivity index (χ4n) is 3.23. The summed E-state index contributed by atoms with van der Waals surface area (Å²) >= 11 is 0. The summed E-state index contributed by atoms with van der Waals surface area (Å²) in [4.78, 5) is 23.8. The molecule has 2 atom stereocenters. The third-order valence-corrected chi connectivity index (χ3v) is 4.59. The first-order chi connectivity index (χ1) is 10.7. The highest BCUT2D eigenvalue weighted by Crippen LogP contribution is 2.47. The van der Waals surface area contributed by atoms with E-state index in [1.165, 1.54) is 12.0 Å². The average molecular weight is 301 g/mol. The van der Waals surface area contributed by atoms with Gasteiger partial charge in [-0.3, -0.25) is 10.2 Å². The zero-order valence-electron chi connectivity index (χ0n) is 12.7. The number of carbonyl (C=O) groups excluding carboxylic acids is 2. The van der Waals surface area contributed by atoms with E-state index in [4.69, 9.17) is 0 Å². The Balaban J connectivity index is 1.39. The maximum atomic E-state index is 12.0. The van der Waals surface area contributed by atoms with Gasteiger partial charge in [-0.15, -0.1) is 0 Å². The summed E-state index contributed by atoms with van der Waals surface area (Å²) in [5.41, 5.74) is 6.20. The molecule has 0 radical (unpaired) electrons. The molecule has 0 bridgehead atoms. The standard InChI is InChI=1S/C17H23N3O2/c21-16(15-11-14(15)12-7-3-1-4-8-12)19-20-17(22)18-13-9-5-2-6-10-13/h1,3-4,7-8,13-15H,2,5-6,9-11H2,(H,19,21)(H2,18,20,22). The molecule has 5 heteroatoms. The summed E-state index contributed by atoms with van der Waals surface area (Å²) < 4.78 is 0. The minimum atomic E-state index is -0.308. The molecule has 5 nitrogen and oxygen atoms in total. The van der Waals surface area contributed by atoms with E-state index in [9.17, 15) is 9.59 Å². The molecule has 1 aromatic rings. The van der Waals surface area contributed by atoms with Crippen molar-refractivity contribution in [2.75, 3.05) is 0 Å². The van der Waals surface area contributed by atoms with Crippen LogP contribution in [0.3, 0.4) is 0 Å². The number of urea groups is 1. The van der Waals surface area contributed by atoms with Gasteiger partial charge in [0.15, 0.2) is 0 Å². The summed E-state index contributed by atoms with van der Waals surface area (Å²) in [5.74, 6) is 0.148. The summed E-state index contributed by atoms with van der Waals surface area (Å²) in [5, 5.41) is 2.91. The van der Waals surface area contributed by atoms with Gasteiger partial charge in [0.25, 0.3) is 0 Å². The Bertz CT molecular complexity index is 526. The van der Waals surface area contributed by atoms with Crippen LogP contribution >= 0.6 is 0 Å². The van der Waals surface area contributed by atoms with E-state index in [2.05, 4.69) is 16.2 Å². The van der Waals surface area contributed by atoms with Crippen molar-refractivity contribution in [1.29, 1.82) is 0 Å². The van der Waals surface area contributed by atoms with Crippen LogP contribution in [0.1, 0.15) is 50.0 Å². The number of amides is 3. The van der Waals surface area contributed by atoms with Crippen molar-refractivity contribution in [2.24, 2.45) is 5.92 Å². The Labute approximate surface area is 130 Å². The predicted octanol–water partition coefficient (Wildman–Crippen LogP) is 2.45. The Morgan fingerprint density at radius 2 is 1.68 bits per heavy atom. The number of hydrogen-bond acceptors (Lipinski definition) is 2. The van der Waals surface area contributed by atoms with Gasteiger partial charge in [-0.2, -0.15) is 0 Å². The van der Waals surface area contributed by atoms with Gasteiger partial charge >= 0.3 is 6.03 Å². The van der Waals surface area contributed by atoms with Crippen LogP contribution in [0.15, 0.2) is 30.3 Å². The van der Waals surface area contributed by atoms with Crippen LogP contribution in [-0.4, -0.2) is 18.0 Å². The van der Waals surface area contributed by atoms with E-state index in [1.807, 2.05) is 30.3 Å². The molecule has 2 fully saturated rings. The summed E-state index contributed by atoms with van der Waals surface area (Å²) in [7, 11) is 0. The first-order valence-electron chi connectivity index (χ1n) is 8.15. The zero-order chi connectivity index (χ0) is 15.4. The largest absolute Gasteiger partial charge is 0.334 e. The summed E-state index contributed by atoms with van der Waals surface area (Å²) in [6.45, 7) is 0. The lowest BCUT2D eigenvalue weighted by Crippen LogP contribution is -2.50. The maximum absolute atomic E-state index is 12.0. The normalized spacial score (nSPS) is 24.4. The molecule has 0 heterocycles. The molecule has 2 unspecified atom stereocenters. The third kappa shape index (κ3) is 3.78. The van der Waals surface area contributed by atoms with Crippen molar-refractivity contribution >= 4 is 11.9 Å². The van der Waals surface area contributed by atoms with Gasteiger partial charge in [0.05, 0.1) is 0 Å². The molecule has 0 aliphatic heterocycles. The van der Waals surface area contributed by atoms with E-state index in [0.29, 0.717) is 0 Å². The molecule has 0 saturated heterocycles. The van der Waals surface area contributed by atoms with Crippen LogP contribution in [0, 0.1) is 5.92 Å². The number of hydrazine groups is 1. The van der Waals surface area contributed by atoms with E-state index in [0.717, 1.165) is 32.1 Å². The average Bonchev–Trinajstić information content (AvgIpc) is 3.35. The van der Waals surface area contributed by atoms with Gasteiger partial charge in [0.2, 0.25) is 5.91 Å². The first-order valence-corrected chi connectivity index (χ1v) is 8.15. The molecule has 3 rings (SSSR count). The predicted molar refractivity (Wildman–Crippen MR) is 84.0 cm³/mol. The monoisotopic (exact) mass is 301 g/mol. The fraction of sp³-hybridized carbons (Fsp3) is 0.529. The van der Waals surface area contributed by atoms with E-state index in [1.54, 1.807) is 0 Å². The summed E-state index contributed by atoms with van der Waals surface area (Å²) in [6, 6.07) is 9.96. The maximum Gasteiger partial charge on any atom is 0.333 e. The fourth-order valence-corrected chi connectivity index (χ4v) is 3.23. The first kappa shape index (κ1) is 14.9. The highest BCUT2D eigenvalue weighted by atomic mass is 16.2. The van der Waals surface area contributed by atoms with Crippen LogP contribution in [0.25, 0.3) is 0 Å². The Kier molecular flexibility index (Phi) is 4.61. The lowest BCUT2D eigenvalue weighted by atomic mass is 9.96.